The second kappa shape index (κ2) is 9.27. The Morgan fingerprint density at radius 1 is 1.00 bits per heavy atom. The molecule has 3 aromatic rings. The van der Waals surface area contributed by atoms with Gasteiger partial charge >= 0.3 is 0 Å². The number of rotatable bonds is 5. The summed E-state index contributed by atoms with van der Waals surface area (Å²) in [7, 11) is 0. The van der Waals surface area contributed by atoms with Crippen molar-refractivity contribution in [2.24, 2.45) is 0 Å². The van der Waals surface area contributed by atoms with Gasteiger partial charge in [0.1, 0.15) is 0 Å². The van der Waals surface area contributed by atoms with Crippen LogP contribution in [0.25, 0.3) is 11.1 Å². The molecular formula is C22H25BrN4S. The molecule has 0 radical (unpaired) electrons. The van der Waals surface area contributed by atoms with Crippen LogP contribution in [0.4, 0.5) is 0 Å². The van der Waals surface area contributed by atoms with Crippen molar-refractivity contribution in [1.29, 1.82) is 0 Å². The predicted molar refractivity (Wildman–Crippen MR) is 119 cm³/mol. The highest BCUT2D eigenvalue weighted by Crippen LogP contribution is 2.26. The molecule has 0 unspecified atom stereocenters. The number of benzene rings is 1. The lowest BCUT2D eigenvalue weighted by atomic mass is 10.0. The number of halogens is 1. The summed E-state index contributed by atoms with van der Waals surface area (Å²) in [6.45, 7) is 8.43. The van der Waals surface area contributed by atoms with Crippen LogP contribution < -0.4 is 0 Å². The fraction of sp³-hybridized carbons (Fsp3) is 0.364. The number of pyridine rings is 1. The SMILES string of the molecule is Cc1nc(CN2CCCN(Cc3cnccc3-c3ccc(Br)cc3)CC2)cs1. The first-order valence-corrected chi connectivity index (χ1v) is 11.4. The molecule has 2 aromatic heterocycles. The first-order valence-electron chi connectivity index (χ1n) is 9.72. The molecule has 4 rings (SSSR count). The van der Waals surface area contributed by atoms with Crippen molar-refractivity contribution in [3.05, 3.63) is 68.8 Å². The Morgan fingerprint density at radius 2 is 1.75 bits per heavy atom. The first-order chi connectivity index (χ1) is 13.7. The van der Waals surface area contributed by atoms with Crippen molar-refractivity contribution in [2.75, 3.05) is 26.2 Å². The van der Waals surface area contributed by atoms with Crippen LogP contribution >= 0.6 is 27.3 Å². The summed E-state index contributed by atoms with van der Waals surface area (Å²) < 4.78 is 1.11. The molecule has 6 heteroatoms. The van der Waals surface area contributed by atoms with Crippen molar-refractivity contribution >= 4 is 27.3 Å². The van der Waals surface area contributed by atoms with Gasteiger partial charge in [0.05, 0.1) is 10.7 Å². The van der Waals surface area contributed by atoms with E-state index in [4.69, 9.17) is 0 Å². The van der Waals surface area contributed by atoms with Crippen LogP contribution in [-0.4, -0.2) is 45.9 Å². The summed E-state index contributed by atoms with van der Waals surface area (Å²) in [4.78, 5) is 14.1. The maximum atomic E-state index is 4.63. The molecule has 0 spiro atoms. The van der Waals surface area contributed by atoms with E-state index in [1.165, 1.54) is 28.8 Å². The van der Waals surface area contributed by atoms with Crippen LogP contribution in [0.1, 0.15) is 22.7 Å². The molecule has 1 saturated heterocycles. The Morgan fingerprint density at radius 3 is 2.46 bits per heavy atom. The van der Waals surface area contributed by atoms with E-state index >= 15 is 0 Å². The minimum absolute atomic E-state index is 0.947. The summed E-state index contributed by atoms with van der Waals surface area (Å²) >= 11 is 5.27. The third kappa shape index (κ3) is 5.06. The number of hydrogen-bond acceptors (Lipinski definition) is 5. The molecular weight excluding hydrogens is 432 g/mol. The largest absolute Gasteiger partial charge is 0.298 e. The number of thiazole rings is 1. The maximum absolute atomic E-state index is 4.63. The molecule has 3 heterocycles. The summed E-state index contributed by atoms with van der Waals surface area (Å²) in [6, 6.07) is 10.7. The Balaban J connectivity index is 1.41. The number of nitrogens with zero attached hydrogens (tertiary/aromatic N) is 4. The third-order valence-electron chi connectivity index (χ3n) is 5.19. The van der Waals surface area contributed by atoms with Gasteiger partial charge in [-0.1, -0.05) is 28.1 Å². The van der Waals surface area contributed by atoms with Gasteiger partial charge in [-0.05, 0) is 61.3 Å². The lowest BCUT2D eigenvalue weighted by Gasteiger charge is -2.22. The molecule has 0 aliphatic carbocycles. The van der Waals surface area contributed by atoms with E-state index in [0.29, 0.717) is 0 Å². The van der Waals surface area contributed by atoms with E-state index < -0.39 is 0 Å². The average molecular weight is 457 g/mol. The molecule has 0 amide bonds. The molecule has 1 aromatic carbocycles. The number of aromatic nitrogens is 2. The molecule has 1 aliphatic rings. The highest BCUT2D eigenvalue weighted by atomic mass is 79.9. The van der Waals surface area contributed by atoms with Crippen molar-refractivity contribution in [2.45, 2.75) is 26.4 Å². The predicted octanol–water partition coefficient (Wildman–Crippen LogP) is 4.98. The summed E-state index contributed by atoms with van der Waals surface area (Å²) in [6.07, 6.45) is 5.11. The van der Waals surface area contributed by atoms with Crippen molar-refractivity contribution in [3.63, 3.8) is 0 Å². The highest BCUT2D eigenvalue weighted by molar-refractivity contribution is 9.10. The topological polar surface area (TPSA) is 32.3 Å². The Labute approximate surface area is 179 Å². The van der Waals surface area contributed by atoms with Gasteiger partial charge in [-0.3, -0.25) is 14.8 Å². The summed E-state index contributed by atoms with van der Waals surface area (Å²) in [5.74, 6) is 0. The molecule has 0 atom stereocenters. The van der Waals surface area contributed by atoms with E-state index in [-0.39, 0.29) is 0 Å². The van der Waals surface area contributed by atoms with Gasteiger partial charge in [-0.25, -0.2) is 4.98 Å². The molecule has 0 saturated carbocycles. The van der Waals surface area contributed by atoms with Gasteiger partial charge < -0.3 is 0 Å². The lowest BCUT2D eigenvalue weighted by molar-refractivity contribution is 0.246. The van der Waals surface area contributed by atoms with Crippen molar-refractivity contribution in [1.82, 2.24) is 19.8 Å². The monoisotopic (exact) mass is 456 g/mol. The van der Waals surface area contributed by atoms with Crippen molar-refractivity contribution < 1.29 is 0 Å². The average Bonchev–Trinajstić information content (AvgIpc) is 2.98. The van der Waals surface area contributed by atoms with Crippen LogP contribution in [-0.2, 0) is 13.1 Å². The second-order valence-electron chi connectivity index (χ2n) is 7.30. The fourth-order valence-corrected chi connectivity index (χ4v) is 4.62. The zero-order valence-electron chi connectivity index (χ0n) is 16.1. The van der Waals surface area contributed by atoms with Gasteiger partial charge in [0, 0.05) is 48.4 Å². The molecule has 0 bridgehead atoms. The third-order valence-corrected chi connectivity index (χ3v) is 6.54. The Hall–Kier alpha value is -1.60. The van der Waals surface area contributed by atoms with E-state index in [1.807, 2.05) is 12.4 Å². The minimum Gasteiger partial charge on any atom is -0.298 e. The van der Waals surface area contributed by atoms with Crippen LogP contribution in [0.3, 0.4) is 0 Å². The quantitative estimate of drug-likeness (QED) is 0.541. The summed E-state index contributed by atoms with van der Waals surface area (Å²) in [5, 5.41) is 3.35. The van der Waals surface area contributed by atoms with Gasteiger partial charge in [0.25, 0.3) is 0 Å². The highest BCUT2D eigenvalue weighted by Gasteiger charge is 2.17. The van der Waals surface area contributed by atoms with E-state index in [2.05, 4.69) is 78.3 Å². The van der Waals surface area contributed by atoms with E-state index in [9.17, 15) is 0 Å². The van der Waals surface area contributed by atoms with Crippen molar-refractivity contribution in [3.8, 4) is 11.1 Å². The van der Waals surface area contributed by atoms with Crippen LogP contribution in [0.2, 0.25) is 0 Å². The Kier molecular flexibility index (Phi) is 6.52. The minimum atomic E-state index is 0.947. The molecule has 146 valence electrons. The van der Waals surface area contributed by atoms with Gasteiger partial charge in [-0.15, -0.1) is 11.3 Å². The first kappa shape index (κ1) is 19.7. The molecule has 4 nitrogen and oxygen atoms in total. The zero-order chi connectivity index (χ0) is 19.3. The maximum Gasteiger partial charge on any atom is 0.0897 e. The van der Waals surface area contributed by atoms with E-state index in [0.717, 1.165) is 48.7 Å². The fourth-order valence-electron chi connectivity index (χ4n) is 3.76. The van der Waals surface area contributed by atoms with Gasteiger partial charge in [-0.2, -0.15) is 0 Å². The van der Waals surface area contributed by atoms with Gasteiger partial charge in [0.15, 0.2) is 0 Å². The smallest absolute Gasteiger partial charge is 0.0897 e. The standard InChI is InChI=1S/C22H25BrN4S/c1-17-25-21(16-28-17)15-27-10-2-9-26(11-12-27)14-19-13-24-8-7-22(19)18-3-5-20(23)6-4-18/h3-8,13,16H,2,9-12,14-15H2,1H3. The molecule has 28 heavy (non-hydrogen) atoms. The molecule has 0 N–H and O–H groups in total. The molecule has 1 aliphatic heterocycles. The Bertz CT molecular complexity index is 909. The lowest BCUT2D eigenvalue weighted by Crippen LogP contribution is -2.30. The van der Waals surface area contributed by atoms with Crippen LogP contribution in [0, 0.1) is 6.92 Å². The number of aryl methyl sites for hydroxylation is 1. The normalized spacial score (nSPS) is 16.2. The van der Waals surface area contributed by atoms with E-state index in [1.54, 1.807) is 11.3 Å². The molecule has 1 fully saturated rings. The van der Waals surface area contributed by atoms with Crippen LogP contribution in [0.15, 0.2) is 52.6 Å². The van der Waals surface area contributed by atoms with Gasteiger partial charge in [0.2, 0.25) is 0 Å². The second-order valence-corrected chi connectivity index (χ2v) is 9.28. The summed E-state index contributed by atoms with van der Waals surface area (Å²) in [5.41, 5.74) is 5.03. The zero-order valence-corrected chi connectivity index (χ0v) is 18.5. The number of hydrogen-bond donors (Lipinski definition) is 0. The van der Waals surface area contributed by atoms with Crippen LogP contribution in [0.5, 0.6) is 0 Å².